The summed E-state index contributed by atoms with van der Waals surface area (Å²) >= 11 is 0. The molecule has 1 N–H and O–H groups in total. The van der Waals surface area contributed by atoms with Crippen molar-refractivity contribution in [3.05, 3.63) is 41.5 Å². The standard InChI is InChI=1S/C17H22O/c1-16(2)14-9-10-17(16,3)15(18)13(14)11-12-7-5-4-6-8-12/h4-8,11,14-15,18H,9-10H2,1-3H3/b13-11-. The molecule has 1 aromatic rings. The van der Waals surface area contributed by atoms with Gasteiger partial charge in [0.05, 0.1) is 6.10 Å². The van der Waals surface area contributed by atoms with Gasteiger partial charge in [-0.1, -0.05) is 57.2 Å². The normalized spacial score (nSPS) is 39.4. The largest absolute Gasteiger partial charge is 0.388 e. The second-order valence-electron chi connectivity index (χ2n) is 6.69. The lowest BCUT2D eigenvalue weighted by atomic mass is 9.70. The fraction of sp³-hybridized carbons (Fsp3) is 0.529. The molecule has 0 aromatic heterocycles. The van der Waals surface area contributed by atoms with Gasteiger partial charge in [0.25, 0.3) is 0 Å². The maximum Gasteiger partial charge on any atom is 0.0815 e. The lowest BCUT2D eigenvalue weighted by molar-refractivity contribution is 0.0264. The summed E-state index contributed by atoms with van der Waals surface area (Å²) in [6, 6.07) is 10.4. The maximum absolute atomic E-state index is 10.7. The molecule has 1 aromatic carbocycles. The van der Waals surface area contributed by atoms with Gasteiger partial charge < -0.3 is 5.11 Å². The van der Waals surface area contributed by atoms with Crippen LogP contribution < -0.4 is 0 Å². The summed E-state index contributed by atoms with van der Waals surface area (Å²) in [6.45, 7) is 6.89. The van der Waals surface area contributed by atoms with E-state index in [4.69, 9.17) is 0 Å². The predicted molar refractivity (Wildman–Crippen MR) is 75.0 cm³/mol. The third-order valence-corrected chi connectivity index (χ3v) is 5.75. The van der Waals surface area contributed by atoms with Crippen molar-refractivity contribution in [3.8, 4) is 0 Å². The molecule has 3 atom stereocenters. The van der Waals surface area contributed by atoms with Crippen LogP contribution in [0.5, 0.6) is 0 Å². The van der Waals surface area contributed by atoms with Crippen LogP contribution >= 0.6 is 0 Å². The number of fused-ring (bicyclic) bond motifs is 2. The first-order valence-electron chi connectivity index (χ1n) is 6.91. The summed E-state index contributed by atoms with van der Waals surface area (Å²) in [4.78, 5) is 0. The van der Waals surface area contributed by atoms with Crippen LogP contribution in [0, 0.1) is 16.7 Å². The Morgan fingerprint density at radius 2 is 1.83 bits per heavy atom. The Labute approximate surface area is 110 Å². The molecular formula is C17H22O. The fourth-order valence-electron chi connectivity index (χ4n) is 4.08. The molecule has 18 heavy (non-hydrogen) atoms. The van der Waals surface area contributed by atoms with Gasteiger partial charge in [0.15, 0.2) is 0 Å². The first kappa shape index (κ1) is 12.0. The van der Waals surface area contributed by atoms with Crippen molar-refractivity contribution in [1.29, 1.82) is 0 Å². The number of hydrogen-bond donors (Lipinski definition) is 1. The highest BCUT2D eigenvalue weighted by atomic mass is 16.3. The molecule has 2 fully saturated rings. The predicted octanol–water partition coefficient (Wildman–Crippen LogP) is 3.89. The number of benzene rings is 1. The van der Waals surface area contributed by atoms with Crippen LogP contribution in [0.2, 0.25) is 0 Å². The Kier molecular flexibility index (Phi) is 2.47. The first-order valence-corrected chi connectivity index (χ1v) is 6.91. The zero-order valence-electron chi connectivity index (χ0n) is 11.5. The lowest BCUT2D eigenvalue weighted by Crippen LogP contribution is -2.35. The number of hydrogen-bond acceptors (Lipinski definition) is 1. The third-order valence-electron chi connectivity index (χ3n) is 5.75. The number of aliphatic hydroxyl groups is 1. The van der Waals surface area contributed by atoms with Gasteiger partial charge >= 0.3 is 0 Å². The summed E-state index contributed by atoms with van der Waals surface area (Å²) in [5, 5.41) is 10.7. The molecule has 0 spiro atoms. The molecule has 96 valence electrons. The van der Waals surface area contributed by atoms with E-state index in [1.807, 2.05) is 6.07 Å². The average Bonchev–Trinajstić information content (AvgIpc) is 2.65. The van der Waals surface area contributed by atoms with Crippen molar-refractivity contribution in [3.63, 3.8) is 0 Å². The molecular weight excluding hydrogens is 220 g/mol. The van der Waals surface area contributed by atoms with E-state index in [0.29, 0.717) is 5.92 Å². The number of aliphatic hydroxyl groups excluding tert-OH is 1. The third kappa shape index (κ3) is 1.37. The first-order chi connectivity index (χ1) is 8.47. The quantitative estimate of drug-likeness (QED) is 0.792. The van der Waals surface area contributed by atoms with Gasteiger partial charge in [-0.3, -0.25) is 0 Å². The van der Waals surface area contributed by atoms with E-state index in [0.717, 1.165) is 6.42 Å². The molecule has 0 saturated heterocycles. The van der Waals surface area contributed by atoms with E-state index in [1.165, 1.54) is 17.6 Å². The summed E-state index contributed by atoms with van der Waals surface area (Å²) in [7, 11) is 0. The molecule has 1 heteroatoms. The molecule has 3 rings (SSSR count). The van der Waals surface area contributed by atoms with Crippen molar-refractivity contribution in [2.45, 2.75) is 39.7 Å². The Bertz CT molecular complexity index is 486. The Hall–Kier alpha value is -1.08. The summed E-state index contributed by atoms with van der Waals surface area (Å²) in [6.07, 6.45) is 4.31. The lowest BCUT2D eigenvalue weighted by Gasteiger charge is -2.36. The molecule has 0 amide bonds. The minimum absolute atomic E-state index is 0.0538. The Balaban J connectivity index is 2.04. The zero-order valence-corrected chi connectivity index (χ0v) is 11.5. The van der Waals surface area contributed by atoms with Crippen molar-refractivity contribution < 1.29 is 5.11 Å². The molecule has 2 saturated carbocycles. The molecule has 1 nitrogen and oxygen atoms in total. The second kappa shape index (κ2) is 3.71. The number of rotatable bonds is 1. The topological polar surface area (TPSA) is 20.2 Å². The van der Waals surface area contributed by atoms with Crippen LogP contribution in [0.15, 0.2) is 35.9 Å². The van der Waals surface area contributed by atoms with Crippen LogP contribution in [-0.4, -0.2) is 11.2 Å². The van der Waals surface area contributed by atoms with E-state index in [2.05, 4.69) is 51.1 Å². The van der Waals surface area contributed by atoms with Crippen molar-refractivity contribution >= 4 is 6.08 Å². The van der Waals surface area contributed by atoms with E-state index >= 15 is 0 Å². The maximum atomic E-state index is 10.7. The molecule has 0 aliphatic heterocycles. The smallest absolute Gasteiger partial charge is 0.0815 e. The van der Waals surface area contributed by atoms with Crippen LogP contribution in [0.1, 0.15) is 39.2 Å². The summed E-state index contributed by atoms with van der Waals surface area (Å²) in [5.41, 5.74) is 2.73. The fourth-order valence-corrected chi connectivity index (χ4v) is 4.08. The summed E-state index contributed by atoms with van der Waals surface area (Å²) in [5.74, 6) is 0.540. The minimum atomic E-state index is -0.272. The van der Waals surface area contributed by atoms with E-state index < -0.39 is 0 Å². The molecule has 0 heterocycles. The van der Waals surface area contributed by atoms with E-state index in [-0.39, 0.29) is 16.9 Å². The average molecular weight is 242 g/mol. The molecule has 0 radical (unpaired) electrons. The SMILES string of the molecule is CC1(C)C2CCC1(C)C(O)/C2=C\c1ccccc1. The van der Waals surface area contributed by atoms with Gasteiger partial charge in [0.2, 0.25) is 0 Å². The van der Waals surface area contributed by atoms with Crippen LogP contribution in [0.4, 0.5) is 0 Å². The van der Waals surface area contributed by atoms with Crippen LogP contribution in [-0.2, 0) is 0 Å². The minimum Gasteiger partial charge on any atom is -0.388 e. The van der Waals surface area contributed by atoms with Crippen molar-refractivity contribution in [1.82, 2.24) is 0 Å². The highest BCUT2D eigenvalue weighted by Crippen LogP contribution is 2.67. The van der Waals surface area contributed by atoms with Gasteiger partial charge in [0.1, 0.15) is 0 Å². The molecule has 2 bridgehead atoms. The van der Waals surface area contributed by atoms with Crippen molar-refractivity contribution in [2.24, 2.45) is 16.7 Å². The zero-order chi connectivity index (χ0) is 13.0. The Morgan fingerprint density at radius 3 is 2.39 bits per heavy atom. The van der Waals surface area contributed by atoms with Crippen LogP contribution in [0.3, 0.4) is 0 Å². The molecule has 2 aliphatic rings. The van der Waals surface area contributed by atoms with Gasteiger partial charge in [-0.2, -0.15) is 0 Å². The van der Waals surface area contributed by atoms with E-state index in [9.17, 15) is 5.11 Å². The van der Waals surface area contributed by atoms with Crippen molar-refractivity contribution in [2.75, 3.05) is 0 Å². The van der Waals surface area contributed by atoms with Gasteiger partial charge in [-0.05, 0) is 35.3 Å². The Morgan fingerprint density at radius 1 is 1.17 bits per heavy atom. The monoisotopic (exact) mass is 242 g/mol. The molecule has 3 unspecified atom stereocenters. The highest BCUT2D eigenvalue weighted by molar-refractivity contribution is 5.57. The highest BCUT2D eigenvalue weighted by Gasteiger charge is 2.63. The van der Waals surface area contributed by atoms with Crippen LogP contribution in [0.25, 0.3) is 6.08 Å². The second-order valence-corrected chi connectivity index (χ2v) is 6.69. The van der Waals surface area contributed by atoms with E-state index in [1.54, 1.807) is 0 Å². The van der Waals surface area contributed by atoms with Gasteiger partial charge in [-0.25, -0.2) is 0 Å². The van der Waals surface area contributed by atoms with Gasteiger partial charge in [-0.15, -0.1) is 0 Å². The summed E-state index contributed by atoms with van der Waals surface area (Å²) < 4.78 is 0. The van der Waals surface area contributed by atoms with Gasteiger partial charge in [0, 0.05) is 5.41 Å². The molecule has 2 aliphatic carbocycles.